The molecule has 1 aromatic heterocycles. The normalized spacial score (nSPS) is 14.7. The van der Waals surface area contributed by atoms with Crippen LogP contribution in [0.5, 0.6) is 11.6 Å². The van der Waals surface area contributed by atoms with E-state index in [0.717, 1.165) is 34.2 Å². The first-order chi connectivity index (χ1) is 16.0. The molecule has 0 spiro atoms. The summed E-state index contributed by atoms with van der Waals surface area (Å²) in [6.07, 6.45) is 1.38. The minimum atomic E-state index is -0.773. The van der Waals surface area contributed by atoms with Crippen molar-refractivity contribution in [2.75, 3.05) is 17.3 Å². The van der Waals surface area contributed by atoms with E-state index < -0.39 is 6.23 Å². The molecule has 9 heteroatoms. The quantitative estimate of drug-likeness (QED) is 0.273. The summed E-state index contributed by atoms with van der Waals surface area (Å²) in [7, 11) is 0. The van der Waals surface area contributed by atoms with Crippen LogP contribution in [0.4, 0.5) is 5.69 Å². The van der Waals surface area contributed by atoms with Crippen LogP contribution in [0.3, 0.4) is 0 Å². The van der Waals surface area contributed by atoms with Crippen molar-refractivity contribution in [2.45, 2.75) is 45.0 Å². The van der Waals surface area contributed by atoms with Crippen LogP contribution in [0, 0.1) is 0 Å². The van der Waals surface area contributed by atoms with Crippen LogP contribution < -0.4 is 14.4 Å². The molecule has 2 heterocycles. The first-order valence-corrected chi connectivity index (χ1v) is 12.7. The van der Waals surface area contributed by atoms with E-state index in [4.69, 9.17) is 9.47 Å². The van der Waals surface area contributed by atoms with Crippen LogP contribution in [0.2, 0.25) is 0 Å². The Morgan fingerprint density at radius 1 is 1.21 bits per heavy atom. The minimum absolute atomic E-state index is 0.167. The molecule has 0 radical (unpaired) electrons. The molecule has 3 aromatic rings. The number of para-hydroxylation sites is 1. The third-order valence-electron chi connectivity index (χ3n) is 5.12. The molecule has 1 atom stereocenters. The number of hydrogen-bond acceptors (Lipinski definition) is 7. The SMILES string of the molecule is CCCCSc1nnc2c(n1)OC(c1cc(OCC)ccc1Br)N(C(C)=O)c1ccccc1-2. The zero-order valence-corrected chi connectivity index (χ0v) is 21.1. The number of benzene rings is 2. The molecule has 0 saturated carbocycles. The number of hydrogen-bond donors (Lipinski definition) is 0. The van der Waals surface area contributed by atoms with Gasteiger partial charge in [-0.05, 0) is 37.6 Å². The summed E-state index contributed by atoms with van der Waals surface area (Å²) in [6.45, 7) is 6.13. The Balaban J connectivity index is 1.87. The van der Waals surface area contributed by atoms with E-state index >= 15 is 0 Å². The topological polar surface area (TPSA) is 77.4 Å². The molecule has 7 nitrogen and oxygen atoms in total. The molecule has 2 aromatic carbocycles. The number of halogens is 1. The van der Waals surface area contributed by atoms with Gasteiger partial charge in [-0.2, -0.15) is 4.98 Å². The largest absolute Gasteiger partial charge is 0.494 e. The summed E-state index contributed by atoms with van der Waals surface area (Å²) < 4.78 is 13.0. The maximum atomic E-state index is 13.0. The first kappa shape index (κ1) is 23.5. The van der Waals surface area contributed by atoms with Crippen LogP contribution in [0.15, 0.2) is 52.1 Å². The van der Waals surface area contributed by atoms with Crippen molar-refractivity contribution < 1.29 is 14.3 Å². The summed E-state index contributed by atoms with van der Waals surface area (Å²) in [5.74, 6) is 1.77. The Kier molecular flexibility index (Phi) is 7.49. The monoisotopic (exact) mass is 528 g/mol. The molecule has 1 amide bonds. The number of rotatable bonds is 7. The smallest absolute Gasteiger partial charge is 0.247 e. The van der Waals surface area contributed by atoms with E-state index in [2.05, 4.69) is 38.0 Å². The van der Waals surface area contributed by atoms with Crippen molar-refractivity contribution in [3.05, 3.63) is 52.5 Å². The highest BCUT2D eigenvalue weighted by molar-refractivity contribution is 9.10. The molecule has 33 heavy (non-hydrogen) atoms. The van der Waals surface area contributed by atoms with Crippen molar-refractivity contribution >= 4 is 39.3 Å². The van der Waals surface area contributed by atoms with Crippen LogP contribution in [0.1, 0.15) is 45.4 Å². The second kappa shape index (κ2) is 10.5. The van der Waals surface area contributed by atoms with Crippen molar-refractivity contribution in [1.29, 1.82) is 0 Å². The Labute approximate surface area is 206 Å². The van der Waals surface area contributed by atoms with Gasteiger partial charge in [0.1, 0.15) is 5.75 Å². The van der Waals surface area contributed by atoms with Crippen LogP contribution in [0.25, 0.3) is 11.3 Å². The third kappa shape index (κ3) is 4.99. The van der Waals surface area contributed by atoms with E-state index in [1.54, 1.807) is 16.7 Å². The molecule has 0 bridgehead atoms. The summed E-state index contributed by atoms with van der Waals surface area (Å²) >= 11 is 5.18. The number of unbranched alkanes of at least 4 members (excludes halogenated alkanes) is 1. The van der Waals surface area contributed by atoms with Gasteiger partial charge in [0.15, 0.2) is 5.69 Å². The molecule has 0 N–H and O–H groups in total. The lowest BCUT2D eigenvalue weighted by Crippen LogP contribution is -2.36. The Hall–Kier alpha value is -2.65. The first-order valence-electron chi connectivity index (χ1n) is 10.9. The van der Waals surface area contributed by atoms with Crippen molar-refractivity contribution in [3.8, 4) is 22.9 Å². The molecule has 172 valence electrons. The lowest BCUT2D eigenvalue weighted by Gasteiger charge is -2.30. The van der Waals surface area contributed by atoms with Gasteiger partial charge in [0.25, 0.3) is 0 Å². The highest BCUT2D eigenvalue weighted by Crippen LogP contribution is 2.45. The van der Waals surface area contributed by atoms with E-state index in [1.165, 1.54) is 6.92 Å². The fourth-order valence-corrected chi connectivity index (χ4v) is 4.90. The van der Waals surface area contributed by atoms with Gasteiger partial charge >= 0.3 is 0 Å². The molecule has 1 aliphatic heterocycles. The van der Waals surface area contributed by atoms with Gasteiger partial charge in [-0.1, -0.05) is 59.2 Å². The lowest BCUT2D eigenvalue weighted by molar-refractivity contribution is -0.118. The molecule has 0 saturated heterocycles. The fourth-order valence-electron chi connectivity index (χ4n) is 3.59. The number of aromatic nitrogens is 3. The minimum Gasteiger partial charge on any atom is -0.494 e. The molecule has 4 rings (SSSR count). The zero-order chi connectivity index (χ0) is 23.4. The van der Waals surface area contributed by atoms with Crippen LogP contribution in [-0.2, 0) is 4.79 Å². The Morgan fingerprint density at radius 3 is 2.79 bits per heavy atom. The van der Waals surface area contributed by atoms with Crippen LogP contribution in [-0.4, -0.2) is 33.4 Å². The standard InChI is InChI=1S/C24H25BrN4O3S/c1-4-6-13-33-24-26-22-21(27-28-24)17-9-7-8-10-20(17)29(15(3)30)23(32-22)18-14-16(31-5-2)11-12-19(18)25/h7-12,14,23H,4-6,13H2,1-3H3. The second-order valence-corrected chi connectivity index (χ2v) is 9.36. The van der Waals surface area contributed by atoms with E-state index in [-0.39, 0.29) is 5.91 Å². The van der Waals surface area contributed by atoms with Gasteiger partial charge in [0.05, 0.1) is 12.3 Å². The average molecular weight is 529 g/mol. The van der Waals surface area contributed by atoms with Crippen molar-refractivity contribution in [2.24, 2.45) is 0 Å². The molecule has 1 aliphatic rings. The second-order valence-electron chi connectivity index (χ2n) is 7.44. The fraction of sp³-hybridized carbons (Fsp3) is 0.333. The highest BCUT2D eigenvalue weighted by atomic mass is 79.9. The molecule has 0 aliphatic carbocycles. The van der Waals surface area contributed by atoms with Gasteiger partial charge in [-0.25, -0.2) is 0 Å². The maximum Gasteiger partial charge on any atom is 0.247 e. The van der Waals surface area contributed by atoms with Gasteiger partial charge in [-0.15, -0.1) is 10.2 Å². The highest BCUT2D eigenvalue weighted by Gasteiger charge is 2.35. The number of anilines is 1. The van der Waals surface area contributed by atoms with Gasteiger partial charge in [0.2, 0.25) is 23.2 Å². The Bertz CT molecular complexity index is 1160. The molecule has 1 unspecified atom stereocenters. The van der Waals surface area contributed by atoms with E-state index in [9.17, 15) is 4.79 Å². The predicted molar refractivity (Wildman–Crippen MR) is 133 cm³/mol. The van der Waals surface area contributed by atoms with Gasteiger partial charge in [-0.3, -0.25) is 9.69 Å². The number of thioether (sulfide) groups is 1. The summed E-state index contributed by atoms with van der Waals surface area (Å²) in [5, 5.41) is 9.33. The average Bonchev–Trinajstić information content (AvgIpc) is 2.95. The lowest BCUT2D eigenvalue weighted by atomic mass is 10.1. The predicted octanol–water partition coefficient (Wildman–Crippen LogP) is 6.04. The van der Waals surface area contributed by atoms with Crippen LogP contribution >= 0.6 is 27.7 Å². The number of ether oxygens (including phenoxy) is 2. The summed E-state index contributed by atoms with van der Waals surface area (Å²) in [4.78, 5) is 19.3. The zero-order valence-electron chi connectivity index (χ0n) is 18.7. The number of nitrogens with zero attached hydrogens (tertiary/aromatic N) is 4. The van der Waals surface area contributed by atoms with Gasteiger partial charge in [0, 0.05) is 28.3 Å². The molecular weight excluding hydrogens is 504 g/mol. The van der Waals surface area contributed by atoms with Crippen molar-refractivity contribution in [3.63, 3.8) is 0 Å². The summed E-state index contributed by atoms with van der Waals surface area (Å²) in [6, 6.07) is 13.2. The summed E-state index contributed by atoms with van der Waals surface area (Å²) in [5.41, 5.74) is 2.69. The third-order valence-corrected chi connectivity index (χ3v) is 6.77. The Morgan fingerprint density at radius 2 is 2.03 bits per heavy atom. The molecule has 0 fully saturated rings. The number of amides is 1. The number of fused-ring (bicyclic) bond motifs is 3. The molecular formula is C24H25BrN4O3S. The maximum absolute atomic E-state index is 13.0. The van der Waals surface area contributed by atoms with E-state index in [1.807, 2.05) is 49.4 Å². The van der Waals surface area contributed by atoms with Gasteiger partial charge < -0.3 is 9.47 Å². The number of carbonyl (C=O) groups excluding carboxylic acids is 1. The van der Waals surface area contributed by atoms with Crippen molar-refractivity contribution in [1.82, 2.24) is 15.2 Å². The van der Waals surface area contributed by atoms with E-state index in [0.29, 0.717) is 34.8 Å². The number of carbonyl (C=O) groups is 1.